The maximum atomic E-state index is 12.6. The van der Waals surface area contributed by atoms with Crippen LogP contribution in [0.4, 0.5) is 0 Å². The number of carbonyl (C=O) groups is 2. The van der Waals surface area contributed by atoms with Crippen LogP contribution < -0.4 is 0 Å². The van der Waals surface area contributed by atoms with Crippen LogP contribution in [-0.2, 0) is 11.8 Å². The Balaban J connectivity index is 1.86. The van der Waals surface area contributed by atoms with Crippen molar-refractivity contribution < 1.29 is 14.7 Å². The van der Waals surface area contributed by atoms with Crippen molar-refractivity contribution in [3.8, 4) is 0 Å². The fraction of sp³-hybridized carbons (Fsp3) is 0.643. The van der Waals surface area contributed by atoms with Gasteiger partial charge in [-0.15, -0.1) is 0 Å². The predicted octanol–water partition coefficient (Wildman–Crippen LogP) is 1.06. The zero-order valence-corrected chi connectivity index (χ0v) is 11.8. The van der Waals surface area contributed by atoms with Crippen LogP contribution in [0.1, 0.15) is 35.3 Å². The molecule has 2 aliphatic rings. The zero-order valence-electron chi connectivity index (χ0n) is 11.8. The summed E-state index contributed by atoms with van der Waals surface area (Å²) < 4.78 is 1.66. The molecule has 2 heterocycles. The number of nitrogens with zero attached hydrogens (tertiary/aromatic N) is 3. The molecule has 0 aromatic carbocycles. The van der Waals surface area contributed by atoms with Crippen LogP contribution in [0.5, 0.6) is 0 Å². The van der Waals surface area contributed by atoms with E-state index in [1.165, 1.54) is 0 Å². The molecule has 1 N–H and O–H groups in total. The van der Waals surface area contributed by atoms with Crippen molar-refractivity contribution in [1.82, 2.24) is 14.7 Å². The molecule has 3 rings (SSSR count). The van der Waals surface area contributed by atoms with Crippen molar-refractivity contribution in [2.75, 3.05) is 13.1 Å². The van der Waals surface area contributed by atoms with E-state index in [-0.39, 0.29) is 11.8 Å². The number of aliphatic carboxylic acids is 1. The highest BCUT2D eigenvalue weighted by Crippen LogP contribution is 2.49. The SMILES string of the molecule is Cc1c(C(=O)N2C[C@@H]3CCC[C@@]3(C(=O)O)C2)cnn1C. The largest absolute Gasteiger partial charge is 0.481 e. The Bertz CT molecular complexity index is 580. The maximum Gasteiger partial charge on any atom is 0.311 e. The van der Waals surface area contributed by atoms with Crippen LogP contribution >= 0.6 is 0 Å². The smallest absolute Gasteiger partial charge is 0.311 e. The number of likely N-dealkylation sites (tertiary alicyclic amines) is 1. The third-order valence-corrected chi connectivity index (χ3v) is 5.05. The number of carboxylic acid groups (broad SMARTS) is 1. The topological polar surface area (TPSA) is 75.4 Å². The monoisotopic (exact) mass is 277 g/mol. The van der Waals surface area contributed by atoms with Crippen LogP contribution in [0.3, 0.4) is 0 Å². The van der Waals surface area contributed by atoms with E-state index in [1.54, 1.807) is 22.8 Å². The molecular formula is C14H19N3O3. The quantitative estimate of drug-likeness (QED) is 0.877. The molecule has 6 nitrogen and oxygen atoms in total. The first-order chi connectivity index (χ1) is 9.45. The molecule has 108 valence electrons. The molecule has 1 saturated carbocycles. The molecule has 2 atom stereocenters. The number of fused-ring (bicyclic) bond motifs is 1. The van der Waals surface area contributed by atoms with E-state index in [0.29, 0.717) is 25.1 Å². The maximum absolute atomic E-state index is 12.6. The van der Waals surface area contributed by atoms with Gasteiger partial charge in [-0.3, -0.25) is 14.3 Å². The molecule has 0 unspecified atom stereocenters. The van der Waals surface area contributed by atoms with Gasteiger partial charge in [0.2, 0.25) is 0 Å². The third-order valence-electron chi connectivity index (χ3n) is 5.05. The molecule has 1 amide bonds. The summed E-state index contributed by atoms with van der Waals surface area (Å²) >= 11 is 0. The van der Waals surface area contributed by atoms with Crippen LogP contribution in [0.15, 0.2) is 6.20 Å². The molecule has 1 aliphatic carbocycles. The second-order valence-corrected chi connectivity index (χ2v) is 6.00. The lowest BCUT2D eigenvalue weighted by molar-refractivity contribution is -0.149. The lowest BCUT2D eigenvalue weighted by atomic mass is 9.81. The van der Waals surface area contributed by atoms with E-state index in [0.717, 1.165) is 18.5 Å². The van der Waals surface area contributed by atoms with Crippen molar-refractivity contribution >= 4 is 11.9 Å². The molecule has 6 heteroatoms. The molecule has 0 bridgehead atoms. The Hall–Kier alpha value is -1.85. The van der Waals surface area contributed by atoms with Gasteiger partial charge in [0, 0.05) is 25.8 Å². The first-order valence-electron chi connectivity index (χ1n) is 6.97. The Labute approximate surface area is 117 Å². The molecule has 1 aromatic heterocycles. The summed E-state index contributed by atoms with van der Waals surface area (Å²) in [5.74, 6) is -0.746. The van der Waals surface area contributed by atoms with Gasteiger partial charge in [-0.25, -0.2) is 0 Å². The molecule has 1 saturated heterocycles. The Morgan fingerprint density at radius 2 is 2.25 bits per heavy atom. The summed E-state index contributed by atoms with van der Waals surface area (Å²) in [6, 6.07) is 0. The molecule has 1 aromatic rings. The minimum atomic E-state index is -0.752. The number of hydrogen-bond acceptors (Lipinski definition) is 3. The zero-order chi connectivity index (χ0) is 14.5. The summed E-state index contributed by atoms with van der Waals surface area (Å²) in [7, 11) is 1.80. The van der Waals surface area contributed by atoms with E-state index in [2.05, 4.69) is 5.10 Å². The Morgan fingerprint density at radius 1 is 1.50 bits per heavy atom. The van der Waals surface area contributed by atoms with Crippen LogP contribution in [-0.4, -0.2) is 44.8 Å². The summed E-state index contributed by atoms with van der Waals surface area (Å²) in [6.45, 7) is 2.74. The van der Waals surface area contributed by atoms with E-state index in [9.17, 15) is 14.7 Å². The van der Waals surface area contributed by atoms with Gasteiger partial charge in [0.25, 0.3) is 5.91 Å². The minimum absolute atomic E-state index is 0.0920. The van der Waals surface area contributed by atoms with Gasteiger partial charge in [-0.05, 0) is 25.7 Å². The van der Waals surface area contributed by atoms with Crippen molar-refractivity contribution in [3.63, 3.8) is 0 Å². The number of amides is 1. The van der Waals surface area contributed by atoms with E-state index >= 15 is 0 Å². The number of aromatic nitrogens is 2. The average Bonchev–Trinajstić information content (AvgIpc) is 3.03. The fourth-order valence-electron chi connectivity index (χ4n) is 3.67. The minimum Gasteiger partial charge on any atom is -0.481 e. The second-order valence-electron chi connectivity index (χ2n) is 6.00. The molecule has 0 spiro atoms. The van der Waals surface area contributed by atoms with Crippen LogP contribution in [0, 0.1) is 18.3 Å². The Morgan fingerprint density at radius 3 is 2.80 bits per heavy atom. The van der Waals surface area contributed by atoms with Gasteiger partial charge < -0.3 is 10.0 Å². The van der Waals surface area contributed by atoms with E-state index in [1.807, 2.05) is 6.92 Å². The average molecular weight is 277 g/mol. The summed E-state index contributed by atoms with van der Waals surface area (Å²) in [4.78, 5) is 25.9. The van der Waals surface area contributed by atoms with Gasteiger partial charge >= 0.3 is 5.97 Å². The van der Waals surface area contributed by atoms with Gasteiger partial charge in [-0.1, -0.05) is 6.42 Å². The van der Waals surface area contributed by atoms with Crippen molar-refractivity contribution in [3.05, 3.63) is 17.5 Å². The van der Waals surface area contributed by atoms with Gasteiger partial charge in [0.15, 0.2) is 0 Å². The molecule has 1 aliphatic heterocycles. The standard InChI is InChI=1S/C14H19N3O3/c1-9-11(6-15-16(9)2)12(18)17-7-10-4-3-5-14(10,8-17)13(19)20/h6,10H,3-5,7-8H2,1-2H3,(H,19,20)/t10-,14+/m0/s1. The number of rotatable bonds is 2. The van der Waals surface area contributed by atoms with Crippen molar-refractivity contribution in [2.45, 2.75) is 26.2 Å². The number of carbonyl (C=O) groups excluding carboxylic acids is 1. The normalized spacial score (nSPS) is 28.7. The van der Waals surface area contributed by atoms with E-state index in [4.69, 9.17) is 0 Å². The highest BCUT2D eigenvalue weighted by Gasteiger charge is 2.55. The second kappa shape index (κ2) is 4.33. The van der Waals surface area contributed by atoms with Gasteiger partial charge in [-0.2, -0.15) is 5.10 Å². The lowest BCUT2D eigenvalue weighted by Crippen LogP contribution is -2.37. The first-order valence-corrected chi connectivity index (χ1v) is 6.97. The number of hydrogen-bond donors (Lipinski definition) is 1. The highest BCUT2D eigenvalue weighted by atomic mass is 16.4. The molecular weight excluding hydrogens is 258 g/mol. The lowest BCUT2D eigenvalue weighted by Gasteiger charge is -2.23. The van der Waals surface area contributed by atoms with Gasteiger partial charge in [0.05, 0.1) is 17.2 Å². The number of carboxylic acids is 1. The fourth-order valence-corrected chi connectivity index (χ4v) is 3.67. The summed E-state index contributed by atoms with van der Waals surface area (Å²) in [5, 5.41) is 13.6. The predicted molar refractivity (Wildman–Crippen MR) is 71.3 cm³/mol. The van der Waals surface area contributed by atoms with E-state index < -0.39 is 11.4 Å². The molecule has 0 radical (unpaired) electrons. The van der Waals surface area contributed by atoms with Gasteiger partial charge in [0.1, 0.15) is 0 Å². The third kappa shape index (κ3) is 1.67. The Kier molecular flexibility index (Phi) is 2.84. The van der Waals surface area contributed by atoms with Crippen molar-refractivity contribution in [2.24, 2.45) is 18.4 Å². The molecule has 2 fully saturated rings. The highest BCUT2D eigenvalue weighted by molar-refractivity contribution is 5.96. The molecule has 20 heavy (non-hydrogen) atoms. The number of aryl methyl sites for hydroxylation is 1. The van der Waals surface area contributed by atoms with Crippen molar-refractivity contribution in [1.29, 1.82) is 0 Å². The first kappa shape index (κ1) is 13.1. The summed E-state index contributed by atoms with van der Waals surface area (Å²) in [6.07, 6.45) is 4.11. The summed E-state index contributed by atoms with van der Waals surface area (Å²) in [5.41, 5.74) is 0.677. The van der Waals surface area contributed by atoms with Crippen LogP contribution in [0.2, 0.25) is 0 Å². The van der Waals surface area contributed by atoms with Crippen LogP contribution in [0.25, 0.3) is 0 Å².